The summed E-state index contributed by atoms with van der Waals surface area (Å²) in [4.78, 5) is 34.5. The van der Waals surface area contributed by atoms with Gasteiger partial charge in [-0.1, -0.05) is 20.3 Å². The second-order valence-corrected chi connectivity index (χ2v) is 5.21. The molecule has 5 unspecified atom stereocenters. The minimum absolute atomic E-state index is 0.0375. The number of carboxylic acid groups (broad SMARTS) is 1. The summed E-state index contributed by atoms with van der Waals surface area (Å²) in [7, 11) is 0. The number of aliphatic carboxylic acids is 1. The number of nitrogens with one attached hydrogen (secondary N) is 2. The van der Waals surface area contributed by atoms with Gasteiger partial charge >= 0.3 is 5.97 Å². The van der Waals surface area contributed by atoms with Gasteiger partial charge in [-0.3, -0.25) is 9.59 Å². The number of carbonyl (C=O) groups excluding carboxylic acids is 2. The van der Waals surface area contributed by atoms with E-state index in [0.29, 0.717) is 0 Å². The van der Waals surface area contributed by atoms with E-state index in [4.69, 9.17) is 10.8 Å². The first kappa shape index (κ1) is 19.3. The van der Waals surface area contributed by atoms with E-state index in [9.17, 15) is 19.5 Å². The number of carboxylic acids is 1. The summed E-state index contributed by atoms with van der Waals surface area (Å²) < 4.78 is 0. The molecule has 8 nitrogen and oxygen atoms in total. The van der Waals surface area contributed by atoms with Crippen molar-refractivity contribution in [1.29, 1.82) is 0 Å². The minimum atomic E-state index is -1.43. The molecule has 0 spiro atoms. The SMILES string of the molecule is CCC(C)C(N)C(=O)NC(C)C(=O)NC(C(=O)O)C(C)O. The molecule has 0 aromatic heterocycles. The Hall–Kier alpha value is -1.67. The molecular formula is C13H25N3O5. The van der Waals surface area contributed by atoms with Crippen molar-refractivity contribution in [2.24, 2.45) is 11.7 Å². The Morgan fingerprint density at radius 1 is 1.10 bits per heavy atom. The Balaban J connectivity index is 4.58. The molecule has 8 heteroatoms. The van der Waals surface area contributed by atoms with Crippen LogP contribution in [-0.4, -0.2) is 52.2 Å². The maximum Gasteiger partial charge on any atom is 0.328 e. The highest BCUT2D eigenvalue weighted by Gasteiger charge is 2.28. The Bertz CT molecular complexity index is 386. The molecule has 0 heterocycles. The molecule has 2 amide bonds. The van der Waals surface area contributed by atoms with Crippen LogP contribution in [0.15, 0.2) is 0 Å². The molecule has 0 rings (SSSR count). The smallest absolute Gasteiger partial charge is 0.328 e. The average molecular weight is 303 g/mol. The van der Waals surface area contributed by atoms with E-state index in [2.05, 4.69) is 10.6 Å². The zero-order chi connectivity index (χ0) is 16.7. The zero-order valence-electron chi connectivity index (χ0n) is 12.8. The van der Waals surface area contributed by atoms with E-state index in [-0.39, 0.29) is 5.92 Å². The Labute approximate surface area is 124 Å². The lowest BCUT2D eigenvalue weighted by Crippen LogP contribution is -2.56. The molecule has 0 saturated carbocycles. The van der Waals surface area contributed by atoms with E-state index in [1.807, 2.05) is 13.8 Å². The molecule has 0 radical (unpaired) electrons. The summed E-state index contributed by atoms with van der Waals surface area (Å²) in [6, 6.07) is -3.12. The van der Waals surface area contributed by atoms with Gasteiger partial charge in [0.25, 0.3) is 0 Å². The number of aliphatic hydroxyl groups is 1. The molecule has 5 atom stereocenters. The highest BCUT2D eigenvalue weighted by atomic mass is 16.4. The van der Waals surface area contributed by atoms with Crippen LogP contribution in [0.1, 0.15) is 34.1 Å². The topological polar surface area (TPSA) is 142 Å². The summed E-state index contributed by atoms with van der Waals surface area (Å²) in [5.41, 5.74) is 5.74. The van der Waals surface area contributed by atoms with Crippen molar-refractivity contribution in [3.8, 4) is 0 Å². The fraction of sp³-hybridized carbons (Fsp3) is 0.769. The molecule has 6 N–H and O–H groups in total. The largest absolute Gasteiger partial charge is 0.480 e. The van der Waals surface area contributed by atoms with Gasteiger partial charge in [0.1, 0.15) is 6.04 Å². The third kappa shape index (κ3) is 6.09. The van der Waals surface area contributed by atoms with Gasteiger partial charge in [0, 0.05) is 0 Å². The van der Waals surface area contributed by atoms with Crippen molar-refractivity contribution in [1.82, 2.24) is 10.6 Å². The number of rotatable bonds is 8. The third-order valence-electron chi connectivity index (χ3n) is 3.36. The number of nitrogens with two attached hydrogens (primary N) is 1. The summed E-state index contributed by atoms with van der Waals surface area (Å²) in [5, 5.41) is 22.7. The molecule has 0 aromatic carbocycles. The molecule has 0 fully saturated rings. The van der Waals surface area contributed by atoms with Crippen molar-refractivity contribution in [2.75, 3.05) is 0 Å². The monoisotopic (exact) mass is 303 g/mol. The molecule has 0 aliphatic rings. The molecule has 0 bridgehead atoms. The molecule has 0 aliphatic heterocycles. The number of aliphatic hydroxyl groups excluding tert-OH is 1. The standard InChI is InChI=1S/C13H25N3O5/c1-5-6(2)9(14)12(19)15-7(3)11(18)16-10(8(4)17)13(20)21/h6-10,17H,5,14H2,1-4H3,(H,15,19)(H,16,18)(H,20,21). The molecule has 0 aromatic rings. The van der Waals surface area contributed by atoms with E-state index < -0.39 is 42.0 Å². The van der Waals surface area contributed by atoms with E-state index in [1.165, 1.54) is 13.8 Å². The number of carbonyl (C=O) groups is 3. The van der Waals surface area contributed by atoms with Crippen LogP contribution >= 0.6 is 0 Å². The van der Waals surface area contributed by atoms with Crippen molar-refractivity contribution in [2.45, 2.75) is 58.3 Å². The van der Waals surface area contributed by atoms with Crippen molar-refractivity contribution < 1.29 is 24.6 Å². The molecule has 0 saturated heterocycles. The maximum atomic E-state index is 11.8. The number of amides is 2. The van der Waals surface area contributed by atoms with Crippen LogP contribution in [0.2, 0.25) is 0 Å². The summed E-state index contributed by atoms with van der Waals surface area (Å²) >= 11 is 0. The van der Waals surface area contributed by atoms with Crippen LogP contribution in [0.3, 0.4) is 0 Å². The lowest BCUT2D eigenvalue weighted by atomic mass is 9.99. The van der Waals surface area contributed by atoms with Crippen LogP contribution in [0.4, 0.5) is 0 Å². The first-order valence-corrected chi connectivity index (χ1v) is 6.88. The van der Waals surface area contributed by atoms with E-state index in [0.717, 1.165) is 6.42 Å². The predicted octanol–water partition coefficient (Wildman–Crippen LogP) is -1.19. The van der Waals surface area contributed by atoms with Gasteiger partial charge in [-0.05, 0) is 19.8 Å². The average Bonchev–Trinajstić information content (AvgIpc) is 2.41. The lowest BCUT2D eigenvalue weighted by molar-refractivity contribution is -0.145. The van der Waals surface area contributed by atoms with Crippen molar-refractivity contribution in [3.63, 3.8) is 0 Å². The van der Waals surface area contributed by atoms with Gasteiger partial charge in [0.2, 0.25) is 11.8 Å². The van der Waals surface area contributed by atoms with Gasteiger partial charge in [-0.25, -0.2) is 4.79 Å². The summed E-state index contributed by atoms with van der Waals surface area (Å²) in [6.07, 6.45) is -0.533. The van der Waals surface area contributed by atoms with Crippen LogP contribution in [0.5, 0.6) is 0 Å². The predicted molar refractivity (Wildman–Crippen MR) is 76.3 cm³/mol. The van der Waals surface area contributed by atoms with Gasteiger partial charge in [-0.15, -0.1) is 0 Å². The first-order valence-electron chi connectivity index (χ1n) is 6.88. The quantitative estimate of drug-likeness (QED) is 0.382. The Morgan fingerprint density at radius 2 is 1.62 bits per heavy atom. The van der Waals surface area contributed by atoms with Gasteiger partial charge in [0.05, 0.1) is 12.1 Å². The normalized spacial score (nSPS) is 18.0. The maximum absolute atomic E-state index is 11.8. The van der Waals surface area contributed by atoms with Gasteiger partial charge in [-0.2, -0.15) is 0 Å². The Kier molecular flexibility index (Phi) is 7.90. The highest BCUT2D eigenvalue weighted by Crippen LogP contribution is 2.05. The molecular weight excluding hydrogens is 278 g/mol. The van der Waals surface area contributed by atoms with Crippen molar-refractivity contribution >= 4 is 17.8 Å². The lowest BCUT2D eigenvalue weighted by Gasteiger charge is -2.23. The molecule has 0 aliphatic carbocycles. The van der Waals surface area contributed by atoms with Crippen molar-refractivity contribution in [3.05, 3.63) is 0 Å². The number of hydrogen-bond donors (Lipinski definition) is 5. The minimum Gasteiger partial charge on any atom is -0.480 e. The zero-order valence-corrected chi connectivity index (χ0v) is 12.8. The highest BCUT2D eigenvalue weighted by molar-refractivity contribution is 5.91. The summed E-state index contributed by atoms with van der Waals surface area (Å²) in [5.74, 6) is -2.57. The van der Waals surface area contributed by atoms with E-state index >= 15 is 0 Å². The first-order chi connectivity index (χ1) is 9.61. The summed E-state index contributed by atoms with van der Waals surface area (Å²) in [6.45, 7) is 6.38. The van der Waals surface area contributed by atoms with E-state index in [1.54, 1.807) is 0 Å². The third-order valence-corrected chi connectivity index (χ3v) is 3.36. The van der Waals surface area contributed by atoms with Crippen LogP contribution in [0, 0.1) is 5.92 Å². The van der Waals surface area contributed by atoms with Gasteiger partial charge < -0.3 is 26.6 Å². The second kappa shape index (κ2) is 8.58. The molecule has 21 heavy (non-hydrogen) atoms. The molecule has 122 valence electrons. The van der Waals surface area contributed by atoms with Crippen LogP contribution in [0.25, 0.3) is 0 Å². The fourth-order valence-corrected chi connectivity index (χ4v) is 1.55. The number of hydrogen-bond acceptors (Lipinski definition) is 5. The second-order valence-electron chi connectivity index (χ2n) is 5.21. The fourth-order valence-electron chi connectivity index (χ4n) is 1.55. The van der Waals surface area contributed by atoms with Crippen LogP contribution in [-0.2, 0) is 14.4 Å². The Morgan fingerprint density at radius 3 is 2.00 bits per heavy atom. The van der Waals surface area contributed by atoms with Gasteiger partial charge in [0.15, 0.2) is 6.04 Å². The van der Waals surface area contributed by atoms with Crippen LogP contribution < -0.4 is 16.4 Å².